The number of benzene rings is 2. The van der Waals surface area contributed by atoms with Crippen LogP contribution in [0.5, 0.6) is 5.75 Å². The second-order valence-corrected chi connectivity index (χ2v) is 8.47. The predicted octanol–water partition coefficient (Wildman–Crippen LogP) is 4.49. The Kier molecular flexibility index (Phi) is 6.15. The average Bonchev–Trinajstić information content (AvgIpc) is 3.46. The van der Waals surface area contributed by atoms with Gasteiger partial charge in [0.25, 0.3) is 0 Å². The minimum atomic E-state index is -0.332. The highest BCUT2D eigenvalue weighted by Crippen LogP contribution is 2.32. The molecule has 2 aromatic heterocycles. The van der Waals surface area contributed by atoms with Crippen LogP contribution in [0.1, 0.15) is 6.42 Å². The molecule has 2 aromatic carbocycles. The summed E-state index contributed by atoms with van der Waals surface area (Å²) in [5.74, 6) is 0.305. The summed E-state index contributed by atoms with van der Waals surface area (Å²) < 4.78 is 21.7. The van der Waals surface area contributed by atoms with E-state index in [-0.39, 0.29) is 17.8 Å². The first-order valence-electron chi connectivity index (χ1n) is 11.3. The first-order valence-corrected chi connectivity index (χ1v) is 11.3. The van der Waals surface area contributed by atoms with Gasteiger partial charge in [-0.05, 0) is 61.5 Å². The third-order valence-corrected chi connectivity index (χ3v) is 5.86. The van der Waals surface area contributed by atoms with Crippen molar-refractivity contribution in [1.29, 1.82) is 0 Å². The first-order chi connectivity index (χ1) is 17.0. The van der Waals surface area contributed by atoms with E-state index in [1.54, 1.807) is 22.9 Å². The Morgan fingerprint density at radius 3 is 2.91 bits per heavy atom. The van der Waals surface area contributed by atoms with Crippen LogP contribution in [0.2, 0.25) is 0 Å². The van der Waals surface area contributed by atoms with E-state index >= 15 is 0 Å². The molecule has 1 unspecified atom stereocenters. The maximum absolute atomic E-state index is 13.8. The molecule has 1 aliphatic rings. The summed E-state index contributed by atoms with van der Waals surface area (Å²) in [6.07, 6.45) is 5.66. The van der Waals surface area contributed by atoms with Crippen molar-refractivity contribution in [3.05, 3.63) is 79.5 Å². The lowest BCUT2D eigenvalue weighted by molar-refractivity contribution is -0.111. The van der Waals surface area contributed by atoms with Gasteiger partial charge in [-0.2, -0.15) is 4.98 Å². The Labute approximate surface area is 202 Å². The van der Waals surface area contributed by atoms with Crippen LogP contribution in [0.15, 0.2) is 73.7 Å². The molecule has 4 aromatic rings. The molecule has 1 atom stereocenters. The molecule has 178 valence electrons. The van der Waals surface area contributed by atoms with Crippen LogP contribution in [0.25, 0.3) is 16.8 Å². The molecule has 35 heavy (non-hydrogen) atoms. The summed E-state index contributed by atoms with van der Waals surface area (Å²) in [5.41, 5.74) is 3.35. The first kappa shape index (κ1) is 22.5. The number of fused-ring (bicyclic) bond motifs is 1. The topological polar surface area (TPSA) is 83.8 Å². The zero-order valence-corrected chi connectivity index (χ0v) is 19.2. The number of carbonyl (C=O) groups is 1. The van der Waals surface area contributed by atoms with E-state index in [4.69, 9.17) is 4.74 Å². The number of nitrogens with one attached hydrogen (secondary N) is 2. The maximum atomic E-state index is 13.8. The number of halogens is 1. The van der Waals surface area contributed by atoms with E-state index in [2.05, 4.69) is 39.1 Å². The molecular weight excluding hydrogens is 447 g/mol. The molecule has 2 N–H and O–H groups in total. The standard InChI is InChI=1S/C26H25FN6O2/c1-3-24(34)30-22-14-19(7-8-23(22)35-20-9-11-32(2)15-20)29-26-28-16-33-12-10-21(25(33)31-26)17-5-4-6-18(27)13-17/h3-8,10,12-14,16,20H,1,9,11,15H2,2H3,(H,29,31)(H,30,34). The minimum absolute atomic E-state index is 0.0551. The number of amides is 1. The van der Waals surface area contributed by atoms with Crippen molar-refractivity contribution in [2.45, 2.75) is 12.5 Å². The molecule has 0 spiro atoms. The summed E-state index contributed by atoms with van der Waals surface area (Å²) >= 11 is 0. The lowest BCUT2D eigenvalue weighted by Crippen LogP contribution is -2.22. The van der Waals surface area contributed by atoms with Crippen molar-refractivity contribution in [3.63, 3.8) is 0 Å². The number of anilines is 3. The number of aromatic nitrogens is 3. The molecule has 5 rings (SSSR count). The Bertz CT molecular complexity index is 1400. The molecule has 1 aliphatic heterocycles. The van der Waals surface area contributed by atoms with Gasteiger partial charge in [0.1, 0.15) is 29.6 Å². The molecule has 1 saturated heterocycles. The summed E-state index contributed by atoms with van der Waals surface area (Å²) in [5, 5.41) is 6.00. The summed E-state index contributed by atoms with van der Waals surface area (Å²) in [4.78, 5) is 23.3. The fourth-order valence-electron chi connectivity index (χ4n) is 4.13. The molecule has 0 radical (unpaired) electrons. The van der Waals surface area contributed by atoms with E-state index in [1.807, 2.05) is 30.5 Å². The van der Waals surface area contributed by atoms with Gasteiger partial charge >= 0.3 is 0 Å². The smallest absolute Gasteiger partial charge is 0.247 e. The second-order valence-electron chi connectivity index (χ2n) is 8.47. The molecular formula is C26H25FN6O2. The van der Waals surface area contributed by atoms with E-state index in [1.165, 1.54) is 18.2 Å². The monoisotopic (exact) mass is 472 g/mol. The SMILES string of the molecule is C=CC(=O)Nc1cc(Nc2ncn3ccc(-c4cccc(F)c4)c3n2)ccc1OC1CCN(C)C1. The molecule has 8 nitrogen and oxygen atoms in total. The highest BCUT2D eigenvalue weighted by Gasteiger charge is 2.22. The van der Waals surface area contributed by atoms with Crippen molar-refractivity contribution < 1.29 is 13.9 Å². The zero-order valence-electron chi connectivity index (χ0n) is 19.2. The van der Waals surface area contributed by atoms with Gasteiger partial charge in [-0.25, -0.2) is 9.37 Å². The summed E-state index contributed by atoms with van der Waals surface area (Å²) in [6.45, 7) is 5.33. The molecule has 0 aliphatic carbocycles. The zero-order chi connectivity index (χ0) is 24.4. The molecule has 0 saturated carbocycles. The number of likely N-dealkylation sites (N-methyl/N-ethyl adjacent to an activating group) is 1. The van der Waals surface area contributed by atoms with Crippen LogP contribution in [0.3, 0.4) is 0 Å². The van der Waals surface area contributed by atoms with Gasteiger partial charge in [-0.15, -0.1) is 0 Å². The normalized spacial score (nSPS) is 15.8. The lowest BCUT2D eigenvalue weighted by atomic mass is 10.1. The van der Waals surface area contributed by atoms with Crippen molar-refractivity contribution in [2.75, 3.05) is 30.8 Å². The second kappa shape index (κ2) is 9.55. The fourth-order valence-corrected chi connectivity index (χ4v) is 4.13. The maximum Gasteiger partial charge on any atom is 0.247 e. The number of hydrogen-bond acceptors (Lipinski definition) is 6. The number of ether oxygens (including phenoxy) is 1. The van der Waals surface area contributed by atoms with Crippen LogP contribution in [0, 0.1) is 5.82 Å². The number of likely N-dealkylation sites (tertiary alicyclic amines) is 1. The quantitative estimate of drug-likeness (QED) is 0.386. The highest BCUT2D eigenvalue weighted by atomic mass is 19.1. The number of nitrogens with zero attached hydrogens (tertiary/aromatic N) is 4. The van der Waals surface area contributed by atoms with Crippen LogP contribution in [-0.2, 0) is 4.79 Å². The van der Waals surface area contributed by atoms with E-state index in [0.717, 1.165) is 30.6 Å². The van der Waals surface area contributed by atoms with Crippen LogP contribution in [0.4, 0.5) is 21.7 Å². The van der Waals surface area contributed by atoms with Crippen LogP contribution in [-0.4, -0.2) is 51.4 Å². The highest BCUT2D eigenvalue weighted by molar-refractivity contribution is 6.00. The van der Waals surface area contributed by atoms with Crippen molar-refractivity contribution >= 4 is 28.9 Å². The third kappa shape index (κ3) is 4.99. The van der Waals surface area contributed by atoms with Gasteiger partial charge in [0, 0.05) is 30.5 Å². The Balaban J connectivity index is 1.43. The Morgan fingerprint density at radius 1 is 1.26 bits per heavy atom. The largest absolute Gasteiger partial charge is 0.487 e. The minimum Gasteiger partial charge on any atom is -0.487 e. The van der Waals surface area contributed by atoms with Gasteiger partial charge in [0.05, 0.1) is 5.69 Å². The number of carbonyl (C=O) groups excluding carboxylic acids is 1. The summed E-state index contributed by atoms with van der Waals surface area (Å²) in [6, 6.07) is 13.7. The fraction of sp³-hybridized carbons (Fsp3) is 0.192. The summed E-state index contributed by atoms with van der Waals surface area (Å²) in [7, 11) is 2.05. The van der Waals surface area contributed by atoms with E-state index in [9.17, 15) is 9.18 Å². The Morgan fingerprint density at radius 2 is 2.14 bits per heavy atom. The lowest BCUT2D eigenvalue weighted by Gasteiger charge is -2.18. The molecule has 1 fully saturated rings. The molecule has 0 bridgehead atoms. The predicted molar refractivity (Wildman–Crippen MR) is 133 cm³/mol. The van der Waals surface area contributed by atoms with Crippen molar-refractivity contribution in [1.82, 2.24) is 19.3 Å². The molecule has 3 heterocycles. The number of rotatable bonds is 7. The van der Waals surface area contributed by atoms with Crippen molar-refractivity contribution in [3.8, 4) is 16.9 Å². The van der Waals surface area contributed by atoms with Crippen molar-refractivity contribution in [2.24, 2.45) is 0 Å². The Hall–Kier alpha value is -4.24. The van der Waals surface area contributed by atoms with Crippen LogP contribution < -0.4 is 15.4 Å². The number of hydrogen-bond donors (Lipinski definition) is 2. The average molecular weight is 473 g/mol. The van der Waals surface area contributed by atoms with E-state index in [0.29, 0.717) is 28.7 Å². The van der Waals surface area contributed by atoms with Gasteiger partial charge in [0.15, 0.2) is 0 Å². The molecule has 9 heteroatoms. The molecule has 1 amide bonds. The van der Waals surface area contributed by atoms with Gasteiger partial charge in [0.2, 0.25) is 11.9 Å². The van der Waals surface area contributed by atoms with Gasteiger partial charge in [-0.1, -0.05) is 18.7 Å². The van der Waals surface area contributed by atoms with E-state index < -0.39 is 0 Å². The van der Waals surface area contributed by atoms with Gasteiger partial charge < -0.3 is 20.3 Å². The van der Waals surface area contributed by atoms with Gasteiger partial charge in [-0.3, -0.25) is 9.20 Å². The van der Waals surface area contributed by atoms with Crippen LogP contribution >= 0.6 is 0 Å². The third-order valence-electron chi connectivity index (χ3n) is 5.86.